The molecule has 0 aliphatic rings. The number of hydrogen-bond acceptors (Lipinski definition) is 3. The summed E-state index contributed by atoms with van der Waals surface area (Å²) < 4.78 is 0. The fraction of sp³-hybridized carbons (Fsp3) is 0.615. The molecule has 0 aromatic carbocycles. The van der Waals surface area contributed by atoms with E-state index in [-0.39, 0.29) is 6.10 Å². The number of aliphatic hydroxyl groups is 1. The van der Waals surface area contributed by atoms with E-state index in [2.05, 4.69) is 30.2 Å². The normalized spacial score (nSPS) is 16.8. The van der Waals surface area contributed by atoms with Crippen LogP contribution in [-0.2, 0) is 0 Å². The molecule has 3 unspecified atom stereocenters. The molecular weight excluding hydrogens is 200 g/mol. The Balaban J connectivity index is 2.33. The minimum atomic E-state index is -0.217. The van der Waals surface area contributed by atoms with Gasteiger partial charge in [0.1, 0.15) is 0 Å². The lowest BCUT2D eigenvalue weighted by Crippen LogP contribution is -2.26. The van der Waals surface area contributed by atoms with Crippen molar-refractivity contribution in [3.8, 4) is 0 Å². The standard InChI is InChI=1S/C13H22N2O/c1-10(7-11(2)16)8-15-12(3)13-5-4-6-14-9-13/h4-6,9-12,15-16H,7-8H2,1-3H3. The van der Waals surface area contributed by atoms with Crippen LogP contribution in [0.3, 0.4) is 0 Å². The van der Waals surface area contributed by atoms with E-state index >= 15 is 0 Å². The van der Waals surface area contributed by atoms with Gasteiger partial charge < -0.3 is 10.4 Å². The van der Waals surface area contributed by atoms with Crippen LogP contribution in [0.1, 0.15) is 38.8 Å². The molecular formula is C13H22N2O. The number of nitrogens with zero attached hydrogens (tertiary/aromatic N) is 1. The Kier molecular flexibility index (Phi) is 5.43. The van der Waals surface area contributed by atoms with Gasteiger partial charge >= 0.3 is 0 Å². The van der Waals surface area contributed by atoms with E-state index in [1.54, 1.807) is 6.20 Å². The van der Waals surface area contributed by atoms with Crippen LogP contribution in [0.4, 0.5) is 0 Å². The molecule has 3 nitrogen and oxygen atoms in total. The lowest BCUT2D eigenvalue weighted by atomic mass is 10.0. The van der Waals surface area contributed by atoms with Crippen molar-refractivity contribution in [2.24, 2.45) is 5.92 Å². The zero-order valence-corrected chi connectivity index (χ0v) is 10.4. The molecule has 0 fully saturated rings. The minimum Gasteiger partial charge on any atom is -0.393 e. The lowest BCUT2D eigenvalue weighted by molar-refractivity contribution is 0.162. The number of nitrogens with one attached hydrogen (secondary N) is 1. The predicted molar refractivity (Wildman–Crippen MR) is 66.1 cm³/mol. The van der Waals surface area contributed by atoms with Crippen LogP contribution in [-0.4, -0.2) is 22.7 Å². The first-order chi connectivity index (χ1) is 7.59. The molecule has 0 aliphatic carbocycles. The third kappa shape index (κ3) is 4.73. The van der Waals surface area contributed by atoms with E-state index in [1.807, 2.05) is 19.2 Å². The van der Waals surface area contributed by atoms with Gasteiger partial charge in [-0.1, -0.05) is 13.0 Å². The number of aliphatic hydroxyl groups excluding tert-OH is 1. The van der Waals surface area contributed by atoms with Crippen LogP contribution in [0.15, 0.2) is 24.5 Å². The van der Waals surface area contributed by atoms with Gasteiger partial charge in [-0.25, -0.2) is 0 Å². The molecule has 0 saturated heterocycles. The third-order valence-corrected chi connectivity index (χ3v) is 2.70. The first-order valence-electron chi connectivity index (χ1n) is 5.91. The van der Waals surface area contributed by atoms with Gasteiger partial charge in [0.15, 0.2) is 0 Å². The molecule has 90 valence electrons. The first-order valence-corrected chi connectivity index (χ1v) is 5.91. The van der Waals surface area contributed by atoms with Crippen molar-refractivity contribution in [3.63, 3.8) is 0 Å². The van der Waals surface area contributed by atoms with E-state index in [0.29, 0.717) is 12.0 Å². The lowest BCUT2D eigenvalue weighted by Gasteiger charge is -2.18. The Morgan fingerprint density at radius 1 is 1.38 bits per heavy atom. The Hall–Kier alpha value is -0.930. The van der Waals surface area contributed by atoms with E-state index in [4.69, 9.17) is 0 Å². The molecule has 0 bridgehead atoms. The molecule has 0 saturated carbocycles. The summed E-state index contributed by atoms with van der Waals surface area (Å²) in [4.78, 5) is 4.10. The van der Waals surface area contributed by atoms with Gasteiger partial charge in [-0.2, -0.15) is 0 Å². The van der Waals surface area contributed by atoms with Crippen molar-refractivity contribution < 1.29 is 5.11 Å². The Labute approximate surface area is 97.9 Å². The molecule has 0 radical (unpaired) electrons. The van der Waals surface area contributed by atoms with Crippen LogP contribution in [0, 0.1) is 5.92 Å². The number of aromatic nitrogens is 1. The van der Waals surface area contributed by atoms with Crippen LogP contribution >= 0.6 is 0 Å². The average molecular weight is 222 g/mol. The highest BCUT2D eigenvalue weighted by molar-refractivity contribution is 5.12. The zero-order valence-electron chi connectivity index (χ0n) is 10.4. The molecule has 1 aromatic rings. The van der Waals surface area contributed by atoms with E-state index in [9.17, 15) is 5.11 Å². The van der Waals surface area contributed by atoms with Crippen molar-refractivity contribution in [3.05, 3.63) is 30.1 Å². The number of pyridine rings is 1. The monoisotopic (exact) mass is 222 g/mol. The highest BCUT2D eigenvalue weighted by Crippen LogP contribution is 2.11. The molecule has 0 aliphatic heterocycles. The number of hydrogen-bond donors (Lipinski definition) is 2. The van der Waals surface area contributed by atoms with Crippen molar-refractivity contribution in [2.75, 3.05) is 6.54 Å². The van der Waals surface area contributed by atoms with Gasteiger partial charge in [0.2, 0.25) is 0 Å². The fourth-order valence-corrected chi connectivity index (χ4v) is 1.79. The highest BCUT2D eigenvalue weighted by atomic mass is 16.3. The summed E-state index contributed by atoms with van der Waals surface area (Å²) in [6.07, 6.45) is 4.29. The maximum absolute atomic E-state index is 9.27. The summed E-state index contributed by atoms with van der Waals surface area (Å²) in [5.41, 5.74) is 1.20. The summed E-state index contributed by atoms with van der Waals surface area (Å²) in [6.45, 7) is 7.03. The topological polar surface area (TPSA) is 45.1 Å². The Morgan fingerprint density at radius 2 is 2.12 bits per heavy atom. The Bertz CT molecular complexity index is 287. The highest BCUT2D eigenvalue weighted by Gasteiger charge is 2.09. The molecule has 3 atom stereocenters. The summed E-state index contributed by atoms with van der Waals surface area (Å²) >= 11 is 0. The smallest absolute Gasteiger partial charge is 0.0515 e. The van der Waals surface area contributed by atoms with Gasteiger partial charge in [0, 0.05) is 18.4 Å². The average Bonchev–Trinajstić information content (AvgIpc) is 2.26. The maximum atomic E-state index is 9.27. The zero-order chi connectivity index (χ0) is 12.0. The van der Waals surface area contributed by atoms with E-state index in [1.165, 1.54) is 5.56 Å². The minimum absolute atomic E-state index is 0.217. The van der Waals surface area contributed by atoms with Crippen molar-refractivity contribution >= 4 is 0 Å². The van der Waals surface area contributed by atoms with Crippen LogP contribution in [0.25, 0.3) is 0 Å². The second kappa shape index (κ2) is 6.61. The molecule has 16 heavy (non-hydrogen) atoms. The summed E-state index contributed by atoms with van der Waals surface area (Å²) in [7, 11) is 0. The molecule has 0 spiro atoms. The SMILES string of the molecule is CC(O)CC(C)CNC(C)c1cccnc1. The summed E-state index contributed by atoms with van der Waals surface area (Å²) in [6, 6.07) is 4.33. The molecule has 1 aromatic heterocycles. The summed E-state index contributed by atoms with van der Waals surface area (Å²) in [5.74, 6) is 0.485. The van der Waals surface area contributed by atoms with Crippen molar-refractivity contribution in [1.82, 2.24) is 10.3 Å². The molecule has 1 heterocycles. The number of rotatable bonds is 6. The second-order valence-electron chi connectivity index (χ2n) is 4.61. The quantitative estimate of drug-likeness (QED) is 0.775. The Morgan fingerprint density at radius 3 is 2.69 bits per heavy atom. The van der Waals surface area contributed by atoms with E-state index in [0.717, 1.165) is 13.0 Å². The van der Waals surface area contributed by atoms with Gasteiger partial charge in [0.25, 0.3) is 0 Å². The van der Waals surface area contributed by atoms with Gasteiger partial charge in [-0.05, 0) is 44.4 Å². The molecule has 3 heteroatoms. The third-order valence-electron chi connectivity index (χ3n) is 2.70. The fourth-order valence-electron chi connectivity index (χ4n) is 1.79. The molecule has 2 N–H and O–H groups in total. The molecule has 0 amide bonds. The van der Waals surface area contributed by atoms with Gasteiger partial charge in [-0.3, -0.25) is 4.98 Å². The second-order valence-corrected chi connectivity index (χ2v) is 4.61. The van der Waals surface area contributed by atoms with Crippen LogP contribution in [0.5, 0.6) is 0 Å². The van der Waals surface area contributed by atoms with Crippen LogP contribution in [0.2, 0.25) is 0 Å². The first kappa shape index (κ1) is 13.1. The molecule has 1 rings (SSSR count). The van der Waals surface area contributed by atoms with Gasteiger partial charge in [0.05, 0.1) is 6.10 Å². The maximum Gasteiger partial charge on any atom is 0.0515 e. The van der Waals surface area contributed by atoms with Crippen molar-refractivity contribution in [2.45, 2.75) is 39.3 Å². The summed E-state index contributed by atoms with van der Waals surface area (Å²) in [5, 5.41) is 12.7. The van der Waals surface area contributed by atoms with Crippen molar-refractivity contribution in [1.29, 1.82) is 0 Å². The van der Waals surface area contributed by atoms with Crippen LogP contribution < -0.4 is 5.32 Å². The van der Waals surface area contributed by atoms with Gasteiger partial charge in [-0.15, -0.1) is 0 Å². The predicted octanol–water partition coefficient (Wildman–Crippen LogP) is 2.14. The van der Waals surface area contributed by atoms with E-state index < -0.39 is 0 Å². The largest absolute Gasteiger partial charge is 0.393 e.